The zero-order valence-corrected chi connectivity index (χ0v) is 5.31. The minimum atomic E-state index is 1.03. The molecule has 0 saturated carbocycles. The number of nitrogens with one attached hydrogen (secondary N) is 1. The fraction of sp³-hybridized carbons (Fsp3) is 0.333. The summed E-state index contributed by atoms with van der Waals surface area (Å²) in [5.41, 5.74) is 6.15. The van der Waals surface area contributed by atoms with Gasteiger partial charge in [-0.05, 0) is 19.2 Å². The van der Waals surface area contributed by atoms with E-state index in [9.17, 15) is 0 Å². The zero-order valence-electron chi connectivity index (χ0n) is 5.31. The van der Waals surface area contributed by atoms with Gasteiger partial charge in [-0.25, -0.2) is 0 Å². The van der Waals surface area contributed by atoms with Gasteiger partial charge >= 0.3 is 0 Å². The molecule has 2 nitrogen and oxygen atoms in total. The predicted octanol–water partition coefficient (Wildman–Crippen LogP) is 0.582. The van der Waals surface area contributed by atoms with Crippen LogP contribution in [0.3, 0.4) is 0 Å². The smallest absolute Gasteiger partial charge is 0.0308 e. The van der Waals surface area contributed by atoms with Gasteiger partial charge in [-0.1, -0.05) is 6.08 Å². The molecule has 46 valence electrons. The van der Waals surface area contributed by atoms with Gasteiger partial charge in [0.25, 0.3) is 0 Å². The molecular formula is C6H12N2. The van der Waals surface area contributed by atoms with Gasteiger partial charge in [0, 0.05) is 12.7 Å². The third-order valence-electron chi connectivity index (χ3n) is 0.875. The highest BCUT2D eigenvalue weighted by Crippen LogP contribution is 1.85. The van der Waals surface area contributed by atoms with Crippen molar-refractivity contribution in [3.63, 3.8) is 0 Å². The van der Waals surface area contributed by atoms with Crippen LogP contribution < -0.4 is 11.1 Å². The predicted molar refractivity (Wildman–Crippen MR) is 36.1 cm³/mol. The van der Waals surface area contributed by atoms with E-state index in [-0.39, 0.29) is 0 Å². The van der Waals surface area contributed by atoms with Crippen LogP contribution in [0.5, 0.6) is 0 Å². The second-order valence-corrected chi connectivity index (χ2v) is 1.35. The molecule has 0 aromatic rings. The van der Waals surface area contributed by atoms with Crippen LogP contribution in [0.4, 0.5) is 0 Å². The van der Waals surface area contributed by atoms with Gasteiger partial charge in [-0.15, -0.1) is 0 Å². The minimum Gasteiger partial charge on any atom is -0.405 e. The summed E-state index contributed by atoms with van der Waals surface area (Å²) in [5.74, 6) is 0. The molecule has 0 rings (SSSR count). The maximum absolute atomic E-state index is 5.12. The molecule has 0 bridgehead atoms. The maximum Gasteiger partial charge on any atom is 0.0308 e. The van der Waals surface area contributed by atoms with Crippen molar-refractivity contribution in [2.45, 2.75) is 6.92 Å². The third kappa shape index (κ3) is 2.29. The topological polar surface area (TPSA) is 38.0 Å². The molecule has 0 spiro atoms. The van der Waals surface area contributed by atoms with Crippen molar-refractivity contribution in [1.29, 1.82) is 0 Å². The third-order valence-corrected chi connectivity index (χ3v) is 0.875. The summed E-state index contributed by atoms with van der Waals surface area (Å²) in [6.07, 6.45) is 5.26. The maximum atomic E-state index is 5.12. The molecule has 3 N–H and O–H groups in total. The molecule has 0 saturated heterocycles. The highest BCUT2D eigenvalue weighted by Gasteiger charge is 1.77. The Balaban J connectivity index is 3.72. The summed E-state index contributed by atoms with van der Waals surface area (Å²) in [6, 6.07) is 0. The largest absolute Gasteiger partial charge is 0.405 e. The molecule has 0 aliphatic heterocycles. The van der Waals surface area contributed by atoms with Crippen LogP contribution in [-0.4, -0.2) is 7.05 Å². The molecule has 0 aliphatic rings. The average Bonchev–Trinajstić information content (AvgIpc) is 1.83. The minimum absolute atomic E-state index is 1.03. The average molecular weight is 112 g/mol. The van der Waals surface area contributed by atoms with Gasteiger partial charge in [0.1, 0.15) is 0 Å². The molecule has 0 radical (unpaired) electrons. The van der Waals surface area contributed by atoms with E-state index in [1.807, 2.05) is 20.0 Å². The molecule has 0 amide bonds. The van der Waals surface area contributed by atoms with Gasteiger partial charge in [0.15, 0.2) is 0 Å². The summed E-state index contributed by atoms with van der Waals surface area (Å²) in [7, 11) is 1.86. The Kier molecular flexibility index (Phi) is 3.76. The van der Waals surface area contributed by atoms with Crippen molar-refractivity contribution < 1.29 is 0 Å². The lowest BCUT2D eigenvalue weighted by Gasteiger charge is -1.95. The Bertz CT molecular complexity index is 100. The quantitative estimate of drug-likeness (QED) is 0.513. The normalized spacial score (nSPS) is 12.5. The van der Waals surface area contributed by atoms with E-state index < -0.39 is 0 Å². The van der Waals surface area contributed by atoms with Crippen LogP contribution in [0.2, 0.25) is 0 Å². The number of hydrogen-bond donors (Lipinski definition) is 2. The lowest BCUT2D eigenvalue weighted by molar-refractivity contribution is 1.03. The molecule has 0 aliphatic carbocycles. The lowest BCUT2D eigenvalue weighted by Crippen LogP contribution is -2.02. The Morgan fingerprint density at radius 2 is 2.25 bits per heavy atom. The second kappa shape index (κ2) is 4.24. The Hall–Kier alpha value is -0.920. The van der Waals surface area contributed by atoms with Gasteiger partial charge in [-0.2, -0.15) is 0 Å². The van der Waals surface area contributed by atoms with Crippen molar-refractivity contribution in [2.75, 3.05) is 7.05 Å². The summed E-state index contributed by atoms with van der Waals surface area (Å²) >= 11 is 0. The summed E-state index contributed by atoms with van der Waals surface area (Å²) in [6.45, 7) is 1.95. The summed E-state index contributed by atoms with van der Waals surface area (Å²) in [5, 5.41) is 2.95. The van der Waals surface area contributed by atoms with E-state index in [0.717, 1.165) is 5.70 Å². The molecule has 0 heterocycles. The number of likely N-dealkylation sites (N-methyl/N-ethyl adjacent to an activating group) is 1. The standard InChI is InChI=1S/C6H12N2/c1-3-6(8-2)4-5-7/h3-5,8H,7H2,1-2H3/b5-4-,6-3+. The molecule has 0 aromatic carbocycles. The van der Waals surface area contributed by atoms with E-state index >= 15 is 0 Å². The van der Waals surface area contributed by atoms with E-state index in [1.165, 1.54) is 6.20 Å². The summed E-state index contributed by atoms with van der Waals surface area (Å²) in [4.78, 5) is 0. The first kappa shape index (κ1) is 7.08. The molecular weight excluding hydrogens is 100 g/mol. The van der Waals surface area contributed by atoms with Crippen molar-refractivity contribution in [3.8, 4) is 0 Å². The summed E-state index contributed by atoms with van der Waals surface area (Å²) < 4.78 is 0. The molecule has 0 fully saturated rings. The van der Waals surface area contributed by atoms with Crippen LogP contribution in [-0.2, 0) is 0 Å². The Morgan fingerprint density at radius 3 is 2.38 bits per heavy atom. The van der Waals surface area contributed by atoms with Crippen molar-refractivity contribution >= 4 is 0 Å². The van der Waals surface area contributed by atoms with Gasteiger partial charge < -0.3 is 11.1 Å². The van der Waals surface area contributed by atoms with Crippen LogP contribution in [0.15, 0.2) is 24.0 Å². The molecule has 0 atom stereocenters. The van der Waals surface area contributed by atoms with Crippen LogP contribution in [0, 0.1) is 0 Å². The molecule has 2 heteroatoms. The molecule has 0 aromatic heterocycles. The van der Waals surface area contributed by atoms with Crippen molar-refractivity contribution in [1.82, 2.24) is 5.32 Å². The first-order valence-corrected chi connectivity index (χ1v) is 2.57. The van der Waals surface area contributed by atoms with Crippen LogP contribution in [0.25, 0.3) is 0 Å². The van der Waals surface area contributed by atoms with Crippen LogP contribution >= 0.6 is 0 Å². The number of allylic oxidation sites excluding steroid dienone is 2. The van der Waals surface area contributed by atoms with Crippen LogP contribution in [0.1, 0.15) is 6.92 Å². The first-order chi connectivity index (χ1) is 3.85. The molecule has 0 unspecified atom stereocenters. The van der Waals surface area contributed by atoms with E-state index in [2.05, 4.69) is 5.32 Å². The van der Waals surface area contributed by atoms with Gasteiger partial charge in [0.05, 0.1) is 0 Å². The second-order valence-electron chi connectivity index (χ2n) is 1.35. The SMILES string of the molecule is C/C=C(\C=C/N)NC. The number of nitrogens with two attached hydrogens (primary N) is 1. The highest BCUT2D eigenvalue weighted by atomic mass is 14.8. The van der Waals surface area contributed by atoms with Crippen molar-refractivity contribution in [2.24, 2.45) is 5.73 Å². The van der Waals surface area contributed by atoms with E-state index in [0.29, 0.717) is 0 Å². The van der Waals surface area contributed by atoms with Gasteiger partial charge in [-0.3, -0.25) is 0 Å². The fourth-order valence-corrected chi connectivity index (χ4v) is 0.428. The first-order valence-electron chi connectivity index (χ1n) is 2.57. The van der Waals surface area contributed by atoms with E-state index in [1.54, 1.807) is 6.08 Å². The number of hydrogen-bond acceptors (Lipinski definition) is 2. The lowest BCUT2D eigenvalue weighted by atomic mass is 10.4. The monoisotopic (exact) mass is 112 g/mol. The molecule has 8 heavy (non-hydrogen) atoms. The zero-order chi connectivity index (χ0) is 6.41. The Labute approximate surface area is 50.1 Å². The Morgan fingerprint density at radius 1 is 1.62 bits per heavy atom. The van der Waals surface area contributed by atoms with Crippen molar-refractivity contribution in [3.05, 3.63) is 24.0 Å². The van der Waals surface area contributed by atoms with E-state index in [4.69, 9.17) is 5.73 Å². The van der Waals surface area contributed by atoms with Gasteiger partial charge in [0.2, 0.25) is 0 Å². The highest BCUT2D eigenvalue weighted by molar-refractivity contribution is 5.13. The number of rotatable bonds is 2. The fourth-order valence-electron chi connectivity index (χ4n) is 0.428.